The van der Waals surface area contributed by atoms with Crippen molar-refractivity contribution in [2.45, 2.75) is 65.2 Å². The van der Waals surface area contributed by atoms with Crippen LogP contribution in [0.15, 0.2) is 54.9 Å². The van der Waals surface area contributed by atoms with Gasteiger partial charge in [0.1, 0.15) is 34.2 Å². The van der Waals surface area contributed by atoms with Gasteiger partial charge in [0.05, 0.1) is 17.6 Å². The number of imidazole rings is 1. The summed E-state index contributed by atoms with van der Waals surface area (Å²) in [5.74, 6) is 0.146. The Labute approximate surface area is 247 Å². The van der Waals surface area contributed by atoms with E-state index in [0.29, 0.717) is 46.8 Å². The molecule has 1 fully saturated rings. The molecule has 3 atom stereocenters. The highest BCUT2D eigenvalue weighted by atomic mass is 19.4. The number of nitrogen functional groups attached to an aromatic ring is 1. The van der Waals surface area contributed by atoms with Crippen molar-refractivity contribution >= 4 is 17.3 Å². The van der Waals surface area contributed by atoms with Gasteiger partial charge in [0.2, 0.25) is 0 Å². The van der Waals surface area contributed by atoms with Crippen molar-refractivity contribution in [3.63, 3.8) is 0 Å². The fraction of sp³-hybridized carbons (Fsp3) is 0.406. The number of anilines is 1. The molecule has 1 aliphatic carbocycles. The lowest BCUT2D eigenvalue weighted by atomic mass is 9.65. The number of aliphatic hydroxyl groups is 1. The summed E-state index contributed by atoms with van der Waals surface area (Å²) in [5.41, 5.74) is 4.07. The summed E-state index contributed by atoms with van der Waals surface area (Å²) in [6.45, 7) is 9.15. The summed E-state index contributed by atoms with van der Waals surface area (Å²) in [7, 11) is 0. The number of aromatic nitrogens is 3. The molecule has 4 N–H and O–H groups in total. The molecule has 8 nitrogen and oxygen atoms in total. The molecule has 2 aromatic carbocycles. The summed E-state index contributed by atoms with van der Waals surface area (Å²) in [6.07, 6.45) is -0.163. The van der Waals surface area contributed by atoms with E-state index >= 15 is 0 Å². The maximum atomic E-state index is 13.4. The number of carbonyl (C=O) groups is 1. The largest absolute Gasteiger partial charge is 0.493 e. The second-order valence-corrected chi connectivity index (χ2v) is 12.1. The van der Waals surface area contributed by atoms with E-state index in [9.17, 15) is 28.2 Å². The maximum absolute atomic E-state index is 13.4. The Morgan fingerprint density at radius 1 is 1.14 bits per heavy atom. The van der Waals surface area contributed by atoms with Crippen molar-refractivity contribution in [1.82, 2.24) is 14.4 Å². The number of carboxylic acids is 1. The zero-order valence-corrected chi connectivity index (χ0v) is 24.7. The first kappa shape index (κ1) is 30.3. The summed E-state index contributed by atoms with van der Waals surface area (Å²) in [4.78, 5) is 21.6. The van der Waals surface area contributed by atoms with E-state index in [1.54, 1.807) is 44.4 Å². The summed E-state index contributed by atoms with van der Waals surface area (Å²) in [5, 5.41) is 21.6. The van der Waals surface area contributed by atoms with Crippen molar-refractivity contribution in [2.75, 3.05) is 12.3 Å². The number of fused-ring (bicyclic) bond motifs is 1. The second-order valence-electron chi connectivity index (χ2n) is 12.1. The maximum Gasteiger partial charge on any atom is 0.416 e. The molecule has 0 spiro atoms. The highest BCUT2D eigenvalue weighted by Gasteiger charge is 2.57. The zero-order valence-electron chi connectivity index (χ0n) is 24.7. The predicted molar refractivity (Wildman–Crippen MR) is 156 cm³/mol. The Hall–Kier alpha value is -4.12. The molecule has 1 saturated carbocycles. The normalized spacial score (nSPS) is 21.6. The molecular formula is C32H35F3N4O4. The van der Waals surface area contributed by atoms with Gasteiger partial charge in [-0.1, -0.05) is 32.0 Å². The van der Waals surface area contributed by atoms with Crippen molar-refractivity contribution in [2.24, 2.45) is 10.8 Å². The molecule has 11 heteroatoms. The van der Waals surface area contributed by atoms with Crippen LogP contribution in [0.25, 0.3) is 16.8 Å². The van der Waals surface area contributed by atoms with E-state index in [0.717, 1.165) is 12.1 Å². The van der Waals surface area contributed by atoms with Gasteiger partial charge in [0.15, 0.2) is 0 Å². The predicted octanol–water partition coefficient (Wildman–Crippen LogP) is 6.65. The molecule has 0 amide bonds. The first-order valence-electron chi connectivity index (χ1n) is 14.1. The van der Waals surface area contributed by atoms with E-state index in [4.69, 9.17) is 15.5 Å². The number of halogens is 3. The number of alkyl halides is 3. The molecule has 0 bridgehead atoms. The van der Waals surface area contributed by atoms with Crippen LogP contribution in [-0.4, -0.2) is 37.2 Å². The van der Waals surface area contributed by atoms with Gasteiger partial charge in [0, 0.05) is 23.9 Å². The average molecular weight is 597 g/mol. The molecule has 2 heterocycles. The minimum absolute atomic E-state index is 0.0747. The van der Waals surface area contributed by atoms with Crippen LogP contribution < -0.4 is 10.5 Å². The summed E-state index contributed by atoms with van der Waals surface area (Å²) < 4.78 is 48.1. The van der Waals surface area contributed by atoms with E-state index in [1.165, 1.54) is 19.1 Å². The van der Waals surface area contributed by atoms with Crippen molar-refractivity contribution in [3.05, 3.63) is 77.4 Å². The molecule has 0 unspecified atom stereocenters. The number of ether oxygens (including phenoxy) is 1. The zero-order chi connectivity index (χ0) is 31.5. The van der Waals surface area contributed by atoms with Crippen LogP contribution in [0.2, 0.25) is 0 Å². The lowest BCUT2D eigenvalue weighted by Crippen LogP contribution is -2.40. The third-order valence-electron chi connectivity index (χ3n) is 9.47. The lowest BCUT2D eigenvalue weighted by Gasteiger charge is -2.38. The minimum atomic E-state index is -4.56. The van der Waals surface area contributed by atoms with Crippen LogP contribution in [0.3, 0.4) is 0 Å². The molecule has 2 aromatic heterocycles. The average Bonchev–Trinajstić information content (AvgIpc) is 3.43. The number of benzene rings is 2. The lowest BCUT2D eigenvalue weighted by molar-refractivity contribution is -0.153. The third kappa shape index (κ3) is 4.79. The molecule has 1 aliphatic rings. The van der Waals surface area contributed by atoms with Crippen molar-refractivity contribution in [3.8, 4) is 17.0 Å². The summed E-state index contributed by atoms with van der Waals surface area (Å²) >= 11 is 0. The fourth-order valence-corrected chi connectivity index (χ4v) is 6.32. The van der Waals surface area contributed by atoms with E-state index in [2.05, 4.69) is 4.98 Å². The van der Waals surface area contributed by atoms with Gasteiger partial charge in [-0.15, -0.1) is 0 Å². The van der Waals surface area contributed by atoms with Gasteiger partial charge < -0.3 is 20.7 Å². The smallest absolute Gasteiger partial charge is 0.416 e. The van der Waals surface area contributed by atoms with E-state index in [-0.39, 0.29) is 23.9 Å². The Bertz CT molecular complexity index is 1710. The van der Waals surface area contributed by atoms with Gasteiger partial charge in [-0.25, -0.2) is 9.97 Å². The van der Waals surface area contributed by atoms with Gasteiger partial charge in [0.25, 0.3) is 0 Å². The van der Waals surface area contributed by atoms with Gasteiger partial charge >= 0.3 is 12.1 Å². The molecule has 0 aliphatic heterocycles. The van der Waals surface area contributed by atoms with Gasteiger partial charge in [-0.2, -0.15) is 13.2 Å². The quantitative estimate of drug-likeness (QED) is 0.218. The standard InChI is InChI=1S/C32H35F3N4O4/c1-6-43-23-17-19(31(5,42)18-8-7-9-20(16-18)32(33,34)35)10-11-21(23)24-25-26(36)37-14-15-39(25)27(38-24)22-12-13-30(4,28(40)41)29(22,2)3/h7-11,14-17,22,42H,6,12-13H2,1-5H3,(H2,36,37)(H,40,41)/t22-,30+,31-/m0/s1. The van der Waals surface area contributed by atoms with Gasteiger partial charge in [-0.3, -0.25) is 9.20 Å². The molecule has 43 heavy (non-hydrogen) atoms. The Morgan fingerprint density at radius 2 is 1.81 bits per heavy atom. The number of rotatable bonds is 7. The summed E-state index contributed by atoms with van der Waals surface area (Å²) in [6, 6.07) is 9.51. The molecule has 5 rings (SSSR count). The number of hydrogen-bond acceptors (Lipinski definition) is 6. The SMILES string of the molecule is CCOc1cc([C@@](C)(O)c2cccc(C(F)(F)F)c2)ccc1-c1nc([C@@H]2CC[C@](C)(C(=O)O)C2(C)C)n2ccnc(N)c12. The molecule has 4 aromatic rings. The van der Waals surface area contributed by atoms with E-state index in [1.807, 2.05) is 18.2 Å². The van der Waals surface area contributed by atoms with Crippen LogP contribution in [0.5, 0.6) is 5.75 Å². The molecular weight excluding hydrogens is 561 g/mol. The van der Waals surface area contributed by atoms with Crippen LogP contribution in [-0.2, 0) is 16.6 Å². The van der Waals surface area contributed by atoms with Crippen molar-refractivity contribution < 1.29 is 32.9 Å². The Morgan fingerprint density at radius 3 is 2.44 bits per heavy atom. The molecule has 0 radical (unpaired) electrons. The third-order valence-corrected chi connectivity index (χ3v) is 9.47. The second kappa shape index (κ2) is 10.3. The van der Waals surface area contributed by atoms with Crippen LogP contribution in [0, 0.1) is 10.8 Å². The van der Waals surface area contributed by atoms with E-state index < -0.39 is 34.1 Å². The van der Waals surface area contributed by atoms with Crippen LogP contribution >= 0.6 is 0 Å². The molecule has 228 valence electrons. The topological polar surface area (TPSA) is 123 Å². The highest BCUT2D eigenvalue weighted by Crippen LogP contribution is 2.60. The Balaban J connectivity index is 1.66. The van der Waals surface area contributed by atoms with Crippen LogP contribution in [0.4, 0.5) is 19.0 Å². The van der Waals surface area contributed by atoms with Gasteiger partial charge in [-0.05, 0) is 74.4 Å². The molecule has 0 saturated heterocycles. The van der Waals surface area contributed by atoms with Crippen LogP contribution in [0.1, 0.15) is 75.9 Å². The number of nitrogens with zero attached hydrogens (tertiary/aromatic N) is 3. The monoisotopic (exact) mass is 596 g/mol. The minimum Gasteiger partial charge on any atom is -0.493 e. The number of hydrogen-bond donors (Lipinski definition) is 3. The number of carboxylic acid groups (broad SMARTS) is 1. The fourth-order valence-electron chi connectivity index (χ4n) is 6.32. The van der Waals surface area contributed by atoms with Crippen molar-refractivity contribution in [1.29, 1.82) is 0 Å². The number of aliphatic carboxylic acids is 1. The Kier molecular flexibility index (Phi) is 7.24. The first-order chi connectivity index (χ1) is 20.0. The highest BCUT2D eigenvalue weighted by molar-refractivity contribution is 5.88. The first-order valence-corrected chi connectivity index (χ1v) is 14.1. The number of nitrogens with two attached hydrogens (primary N) is 1.